The van der Waals surface area contributed by atoms with Crippen LogP contribution in [0.15, 0.2) is 0 Å². The zero-order chi connectivity index (χ0) is 16.3. The van der Waals surface area contributed by atoms with Gasteiger partial charge in [-0.2, -0.15) is 0 Å². The van der Waals surface area contributed by atoms with Crippen molar-refractivity contribution in [1.29, 1.82) is 0 Å². The molecule has 6 nitrogen and oxygen atoms in total. The van der Waals surface area contributed by atoms with Gasteiger partial charge in [0.2, 0.25) is 0 Å². The average molecular weight is 301 g/mol. The third-order valence-corrected chi connectivity index (χ3v) is 2.72. The first-order valence-corrected chi connectivity index (χ1v) is 7.27. The zero-order valence-corrected chi connectivity index (χ0v) is 13.9. The van der Waals surface area contributed by atoms with Gasteiger partial charge in [0.25, 0.3) is 0 Å². The van der Waals surface area contributed by atoms with E-state index >= 15 is 0 Å². The van der Waals surface area contributed by atoms with Crippen LogP contribution in [-0.2, 0) is 19.0 Å². The Morgan fingerprint density at radius 1 is 1.05 bits per heavy atom. The maximum atomic E-state index is 11.9. The largest absolute Gasteiger partial charge is 0.458 e. The minimum absolute atomic E-state index is 0.0257. The molecule has 1 heterocycles. The smallest absolute Gasteiger partial charge is 0.410 e. The predicted molar refractivity (Wildman–Crippen MR) is 78.0 cm³/mol. The predicted octanol–water partition coefficient (Wildman–Crippen LogP) is 2.35. The molecule has 1 atom stereocenters. The Morgan fingerprint density at radius 3 is 2.05 bits per heavy atom. The van der Waals surface area contributed by atoms with Crippen molar-refractivity contribution in [1.82, 2.24) is 4.90 Å². The molecule has 0 aliphatic carbocycles. The molecule has 1 aliphatic rings. The molecule has 0 aromatic rings. The van der Waals surface area contributed by atoms with Crippen molar-refractivity contribution in [3.05, 3.63) is 0 Å². The van der Waals surface area contributed by atoms with E-state index in [0.29, 0.717) is 13.2 Å². The molecule has 6 heteroatoms. The fourth-order valence-electron chi connectivity index (χ4n) is 1.82. The van der Waals surface area contributed by atoms with Crippen molar-refractivity contribution in [2.45, 2.75) is 65.2 Å². The highest BCUT2D eigenvalue weighted by molar-refractivity contribution is 5.71. The quantitative estimate of drug-likeness (QED) is 0.746. The molecule has 0 saturated carbocycles. The summed E-state index contributed by atoms with van der Waals surface area (Å²) in [7, 11) is 0. The van der Waals surface area contributed by atoms with Crippen LogP contribution in [0.25, 0.3) is 0 Å². The van der Waals surface area contributed by atoms with E-state index in [1.54, 1.807) is 25.7 Å². The number of carbonyl (C=O) groups is 2. The second kappa shape index (κ2) is 6.64. The van der Waals surface area contributed by atoms with Crippen LogP contribution in [0.5, 0.6) is 0 Å². The number of hydrogen-bond donors (Lipinski definition) is 0. The van der Waals surface area contributed by atoms with E-state index in [-0.39, 0.29) is 18.7 Å². The summed E-state index contributed by atoms with van der Waals surface area (Å²) in [5, 5.41) is 0. The molecule has 0 spiro atoms. The van der Waals surface area contributed by atoms with Gasteiger partial charge in [0.1, 0.15) is 17.8 Å². The van der Waals surface area contributed by atoms with Crippen LogP contribution in [0.1, 0.15) is 48.0 Å². The van der Waals surface area contributed by atoms with E-state index in [1.165, 1.54) is 0 Å². The van der Waals surface area contributed by atoms with Crippen molar-refractivity contribution < 1.29 is 23.8 Å². The van der Waals surface area contributed by atoms with Gasteiger partial charge in [-0.3, -0.25) is 0 Å². The van der Waals surface area contributed by atoms with E-state index in [2.05, 4.69) is 0 Å². The highest BCUT2D eigenvalue weighted by Gasteiger charge is 2.35. The Morgan fingerprint density at radius 2 is 1.62 bits per heavy atom. The SMILES string of the molecule is CC(C)(C)OC(=O)COC[C@@H]1CCN1C(=O)OC(C)(C)C. The summed E-state index contributed by atoms with van der Waals surface area (Å²) >= 11 is 0. The molecule has 21 heavy (non-hydrogen) atoms. The van der Waals surface area contributed by atoms with Crippen LogP contribution >= 0.6 is 0 Å². The summed E-state index contributed by atoms with van der Waals surface area (Å²) in [5.74, 6) is -0.398. The molecule has 1 saturated heterocycles. The highest BCUT2D eigenvalue weighted by Crippen LogP contribution is 2.21. The van der Waals surface area contributed by atoms with Gasteiger partial charge < -0.3 is 19.1 Å². The molecule has 0 aromatic heterocycles. The molecular weight excluding hydrogens is 274 g/mol. The summed E-state index contributed by atoms with van der Waals surface area (Å²) in [6, 6.07) is -0.0257. The number of hydrogen-bond acceptors (Lipinski definition) is 5. The lowest BCUT2D eigenvalue weighted by Gasteiger charge is -2.41. The van der Waals surface area contributed by atoms with Crippen molar-refractivity contribution in [3.63, 3.8) is 0 Å². The van der Waals surface area contributed by atoms with Gasteiger partial charge in [0, 0.05) is 6.54 Å². The Bertz CT molecular complexity index is 381. The van der Waals surface area contributed by atoms with E-state index in [1.807, 2.05) is 20.8 Å². The van der Waals surface area contributed by atoms with Gasteiger partial charge in [-0.15, -0.1) is 0 Å². The highest BCUT2D eigenvalue weighted by atomic mass is 16.6. The number of esters is 1. The van der Waals surface area contributed by atoms with Gasteiger partial charge in [-0.05, 0) is 48.0 Å². The monoisotopic (exact) mass is 301 g/mol. The number of rotatable bonds is 4. The second-order valence-corrected chi connectivity index (χ2v) is 7.22. The van der Waals surface area contributed by atoms with E-state index < -0.39 is 17.2 Å². The van der Waals surface area contributed by atoms with Gasteiger partial charge >= 0.3 is 12.1 Å². The van der Waals surface area contributed by atoms with Gasteiger partial charge in [-0.1, -0.05) is 0 Å². The first-order chi connectivity index (χ1) is 9.48. The molecule has 1 fully saturated rings. The molecule has 122 valence electrons. The fourth-order valence-corrected chi connectivity index (χ4v) is 1.82. The van der Waals surface area contributed by atoms with Crippen LogP contribution in [-0.4, -0.2) is 54.0 Å². The standard InChI is InChI=1S/C15H27NO5/c1-14(2,3)20-12(17)10-19-9-11-7-8-16(11)13(18)21-15(4,5)6/h11H,7-10H2,1-6H3/t11-/m0/s1. The molecule has 1 aliphatic heterocycles. The summed E-state index contributed by atoms with van der Waals surface area (Å²) < 4.78 is 15.8. The lowest BCUT2D eigenvalue weighted by molar-refractivity contribution is -0.161. The van der Waals surface area contributed by atoms with Gasteiger partial charge in [-0.25, -0.2) is 9.59 Å². The molecule has 0 unspecified atom stereocenters. The Hall–Kier alpha value is -1.30. The molecule has 0 aromatic carbocycles. The van der Waals surface area contributed by atoms with Crippen LogP contribution in [0.2, 0.25) is 0 Å². The fraction of sp³-hybridized carbons (Fsp3) is 0.867. The van der Waals surface area contributed by atoms with Crippen molar-refractivity contribution in [2.75, 3.05) is 19.8 Å². The number of amides is 1. The molecule has 0 bridgehead atoms. The van der Waals surface area contributed by atoms with Crippen LogP contribution in [0.3, 0.4) is 0 Å². The lowest BCUT2D eigenvalue weighted by Crippen LogP contribution is -2.54. The van der Waals surface area contributed by atoms with Crippen molar-refractivity contribution in [2.24, 2.45) is 0 Å². The third kappa shape index (κ3) is 6.80. The molecule has 1 rings (SSSR count). The number of nitrogens with zero attached hydrogens (tertiary/aromatic N) is 1. The molecule has 0 radical (unpaired) electrons. The topological polar surface area (TPSA) is 65.1 Å². The normalized spacial score (nSPS) is 19.0. The minimum Gasteiger partial charge on any atom is -0.458 e. The Kier molecular flexibility index (Phi) is 5.61. The van der Waals surface area contributed by atoms with Crippen LogP contribution in [0, 0.1) is 0 Å². The van der Waals surface area contributed by atoms with E-state index in [4.69, 9.17) is 14.2 Å². The average Bonchev–Trinajstić information content (AvgIpc) is 2.16. The van der Waals surface area contributed by atoms with E-state index in [0.717, 1.165) is 6.42 Å². The van der Waals surface area contributed by atoms with Crippen molar-refractivity contribution >= 4 is 12.1 Å². The van der Waals surface area contributed by atoms with Gasteiger partial charge in [0.15, 0.2) is 0 Å². The summed E-state index contributed by atoms with van der Waals surface area (Å²) in [4.78, 5) is 25.0. The summed E-state index contributed by atoms with van der Waals surface area (Å²) in [6.07, 6.45) is 0.521. The van der Waals surface area contributed by atoms with E-state index in [9.17, 15) is 9.59 Å². The Balaban J connectivity index is 2.27. The third-order valence-electron chi connectivity index (χ3n) is 2.72. The van der Waals surface area contributed by atoms with Crippen molar-refractivity contribution in [3.8, 4) is 0 Å². The molecular formula is C15H27NO5. The Labute approximate surface area is 126 Å². The first-order valence-electron chi connectivity index (χ1n) is 7.27. The zero-order valence-electron chi connectivity index (χ0n) is 13.9. The van der Waals surface area contributed by atoms with Gasteiger partial charge in [0.05, 0.1) is 12.6 Å². The maximum absolute atomic E-state index is 11.9. The lowest BCUT2D eigenvalue weighted by atomic mass is 10.1. The number of ether oxygens (including phenoxy) is 3. The number of likely N-dealkylation sites (tertiary alicyclic amines) is 1. The first kappa shape index (κ1) is 17.8. The van der Waals surface area contributed by atoms with Crippen LogP contribution < -0.4 is 0 Å². The molecule has 1 amide bonds. The van der Waals surface area contributed by atoms with Crippen LogP contribution in [0.4, 0.5) is 4.79 Å². The minimum atomic E-state index is -0.514. The second-order valence-electron chi connectivity index (χ2n) is 7.22. The maximum Gasteiger partial charge on any atom is 0.410 e. The number of carbonyl (C=O) groups excluding carboxylic acids is 2. The molecule has 0 N–H and O–H groups in total. The summed E-state index contributed by atoms with van der Waals surface area (Å²) in [5.41, 5.74) is -1.02. The summed E-state index contributed by atoms with van der Waals surface area (Å²) in [6.45, 7) is 11.8.